The predicted molar refractivity (Wildman–Crippen MR) is 74.4 cm³/mol. The van der Waals surface area contributed by atoms with Crippen LogP contribution < -0.4 is 5.73 Å². The van der Waals surface area contributed by atoms with Gasteiger partial charge < -0.3 is 10.3 Å². The molecule has 0 unspecified atom stereocenters. The summed E-state index contributed by atoms with van der Waals surface area (Å²) in [6.45, 7) is 2.63. The number of nitrogens with zero attached hydrogens (tertiary/aromatic N) is 2. The molecule has 0 aliphatic carbocycles. The Morgan fingerprint density at radius 2 is 1.89 bits per heavy atom. The number of hydrogen-bond acceptors (Lipinski definition) is 2. The second-order valence-corrected chi connectivity index (χ2v) is 4.62. The lowest BCUT2D eigenvalue weighted by molar-refractivity contribution is 0.626. The van der Waals surface area contributed by atoms with Crippen LogP contribution in [-0.2, 0) is 6.54 Å². The molecule has 0 aliphatic heterocycles. The van der Waals surface area contributed by atoms with Gasteiger partial charge in [0.2, 0.25) is 0 Å². The smallest absolute Gasteiger partial charge is 0.123 e. The van der Waals surface area contributed by atoms with E-state index in [0.29, 0.717) is 12.2 Å². The zero-order chi connectivity index (χ0) is 13.4. The third-order valence-corrected chi connectivity index (χ3v) is 3.22. The molecule has 0 bridgehead atoms. The van der Waals surface area contributed by atoms with Crippen molar-refractivity contribution in [2.75, 3.05) is 5.73 Å². The van der Waals surface area contributed by atoms with Crippen molar-refractivity contribution < 1.29 is 4.39 Å². The molecule has 0 amide bonds. The van der Waals surface area contributed by atoms with Crippen molar-refractivity contribution in [2.45, 2.75) is 13.5 Å². The van der Waals surface area contributed by atoms with Crippen LogP contribution in [0.5, 0.6) is 0 Å². The number of halogens is 1. The van der Waals surface area contributed by atoms with Gasteiger partial charge in [-0.25, -0.2) is 9.37 Å². The molecule has 3 rings (SSSR count). The van der Waals surface area contributed by atoms with Gasteiger partial charge in [0.15, 0.2) is 0 Å². The maximum atomic E-state index is 12.9. The quantitative estimate of drug-likeness (QED) is 0.715. The number of nitrogen functional groups attached to an aromatic ring is 1. The predicted octanol–water partition coefficient (Wildman–Crippen LogP) is 3.11. The summed E-state index contributed by atoms with van der Waals surface area (Å²) < 4.78 is 15.0. The fourth-order valence-electron chi connectivity index (χ4n) is 2.24. The average Bonchev–Trinajstić information content (AvgIpc) is 2.68. The monoisotopic (exact) mass is 255 g/mol. The van der Waals surface area contributed by atoms with E-state index in [0.717, 1.165) is 22.4 Å². The lowest BCUT2D eigenvalue weighted by Crippen LogP contribution is -2.02. The summed E-state index contributed by atoms with van der Waals surface area (Å²) in [6.07, 6.45) is 0. The lowest BCUT2D eigenvalue weighted by Gasteiger charge is -2.07. The molecule has 0 radical (unpaired) electrons. The van der Waals surface area contributed by atoms with Crippen molar-refractivity contribution in [2.24, 2.45) is 0 Å². The number of aryl methyl sites for hydroxylation is 1. The minimum absolute atomic E-state index is 0.219. The summed E-state index contributed by atoms with van der Waals surface area (Å²) >= 11 is 0. The SMILES string of the molecule is Cc1nc2cc(N)ccc2n1Cc1ccc(F)cc1. The van der Waals surface area contributed by atoms with Crippen molar-refractivity contribution in [3.63, 3.8) is 0 Å². The number of aromatic nitrogens is 2. The largest absolute Gasteiger partial charge is 0.399 e. The zero-order valence-electron chi connectivity index (χ0n) is 10.6. The number of nitrogens with two attached hydrogens (primary N) is 1. The summed E-state index contributed by atoms with van der Waals surface area (Å²) in [6, 6.07) is 12.2. The highest BCUT2D eigenvalue weighted by Gasteiger charge is 2.08. The van der Waals surface area contributed by atoms with Gasteiger partial charge >= 0.3 is 0 Å². The second-order valence-electron chi connectivity index (χ2n) is 4.62. The van der Waals surface area contributed by atoms with E-state index in [4.69, 9.17) is 5.73 Å². The molecule has 3 nitrogen and oxygen atoms in total. The number of imidazole rings is 1. The van der Waals surface area contributed by atoms with Crippen molar-refractivity contribution in [3.05, 3.63) is 59.7 Å². The normalized spacial score (nSPS) is 11.1. The van der Waals surface area contributed by atoms with Crippen LogP contribution in [0.4, 0.5) is 10.1 Å². The minimum atomic E-state index is -0.219. The molecule has 0 saturated heterocycles. The van der Waals surface area contributed by atoms with E-state index in [1.807, 2.05) is 25.1 Å². The first-order chi connectivity index (χ1) is 9.13. The standard InChI is InChI=1S/C15H14FN3/c1-10-18-14-8-13(17)6-7-15(14)19(10)9-11-2-4-12(16)5-3-11/h2-8H,9,17H2,1H3. The van der Waals surface area contributed by atoms with E-state index in [1.165, 1.54) is 12.1 Å². The maximum Gasteiger partial charge on any atom is 0.123 e. The van der Waals surface area contributed by atoms with Gasteiger partial charge in [-0.2, -0.15) is 0 Å². The number of rotatable bonds is 2. The molecule has 19 heavy (non-hydrogen) atoms. The van der Waals surface area contributed by atoms with Crippen LogP contribution in [-0.4, -0.2) is 9.55 Å². The van der Waals surface area contributed by atoms with Crippen LogP contribution in [0.15, 0.2) is 42.5 Å². The minimum Gasteiger partial charge on any atom is -0.399 e. The Balaban J connectivity index is 2.05. The molecule has 1 heterocycles. The molecule has 0 aliphatic rings. The Bertz CT molecular complexity index is 729. The molecule has 96 valence electrons. The fourth-order valence-corrected chi connectivity index (χ4v) is 2.24. The summed E-state index contributed by atoms with van der Waals surface area (Å²) in [5.41, 5.74) is 9.44. The summed E-state index contributed by atoms with van der Waals surface area (Å²) in [7, 11) is 0. The highest BCUT2D eigenvalue weighted by atomic mass is 19.1. The number of benzene rings is 2. The van der Waals surface area contributed by atoms with Gasteiger partial charge in [-0.1, -0.05) is 12.1 Å². The van der Waals surface area contributed by atoms with Gasteiger partial charge in [0, 0.05) is 12.2 Å². The molecule has 2 N–H and O–H groups in total. The Kier molecular flexibility index (Phi) is 2.71. The van der Waals surface area contributed by atoms with E-state index in [-0.39, 0.29) is 5.82 Å². The van der Waals surface area contributed by atoms with Crippen molar-refractivity contribution in [1.29, 1.82) is 0 Å². The number of anilines is 1. The molecule has 0 spiro atoms. The Labute approximate surface area is 110 Å². The van der Waals surface area contributed by atoms with E-state index < -0.39 is 0 Å². The van der Waals surface area contributed by atoms with Crippen molar-refractivity contribution >= 4 is 16.7 Å². The molecular weight excluding hydrogens is 241 g/mol. The maximum absolute atomic E-state index is 12.9. The van der Waals surface area contributed by atoms with E-state index in [1.54, 1.807) is 12.1 Å². The average molecular weight is 255 g/mol. The molecule has 1 aromatic heterocycles. The van der Waals surface area contributed by atoms with Gasteiger partial charge in [0.05, 0.1) is 11.0 Å². The molecule has 0 atom stereocenters. The van der Waals surface area contributed by atoms with Gasteiger partial charge in [-0.05, 0) is 42.8 Å². The first kappa shape index (κ1) is 11.7. The van der Waals surface area contributed by atoms with Gasteiger partial charge in [-0.15, -0.1) is 0 Å². The van der Waals surface area contributed by atoms with Gasteiger partial charge in [0.1, 0.15) is 11.6 Å². The molecule has 0 saturated carbocycles. The lowest BCUT2D eigenvalue weighted by atomic mass is 10.2. The topological polar surface area (TPSA) is 43.8 Å². The summed E-state index contributed by atoms with van der Waals surface area (Å²) in [4.78, 5) is 4.50. The van der Waals surface area contributed by atoms with Gasteiger partial charge in [0.25, 0.3) is 0 Å². The van der Waals surface area contributed by atoms with Gasteiger partial charge in [-0.3, -0.25) is 0 Å². The van der Waals surface area contributed by atoms with E-state index in [2.05, 4.69) is 9.55 Å². The second kappa shape index (κ2) is 4.39. The first-order valence-corrected chi connectivity index (χ1v) is 6.10. The molecule has 2 aromatic carbocycles. The highest BCUT2D eigenvalue weighted by molar-refractivity contribution is 5.79. The van der Waals surface area contributed by atoms with Crippen LogP contribution >= 0.6 is 0 Å². The molecule has 4 heteroatoms. The van der Waals surface area contributed by atoms with E-state index in [9.17, 15) is 4.39 Å². The third-order valence-electron chi connectivity index (χ3n) is 3.22. The molecule has 3 aromatic rings. The number of fused-ring (bicyclic) bond motifs is 1. The first-order valence-electron chi connectivity index (χ1n) is 6.10. The third kappa shape index (κ3) is 2.17. The molecular formula is C15H14FN3. The Morgan fingerprint density at radius 1 is 1.16 bits per heavy atom. The van der Waals surface area contributed by atoms with Crippen LogP contribution in [0.25, 0.3) is 11.0 Å². The van der Waals surface area contributed by atoms with Crippen LogP contribution in [0.1, 0.15) is 11.4 Å². The van der Waals surface area contributed by atoms with Crippen LogP contribution in [0.3, 0.4) is 0 Å². The molecule has 0 fully saturated rings. The summed E-state index contributed by atoms with van der Waals surface area (Å²) in [5.74, 6) is 0.702. The number of hydrogen-bond donors (Lipinski definition) is 1. The van der Waals surface area contributed by atoms with Crippen molar-refractivity contribution in [3.8, 4) is 0 Å². The van der Waals surface area contributed by atoms with E-state index >= 15 is 0 Å². The Hall–Kier alpha value is -2.36. The highest BCUT2D eigenvalue weighted by Crippen LogP contribution is 2.20. The fraction of sp³-hybridized carbons (Fsp3) is 0.133. The van der Waals surface area contributed by atoms with Crippen LogP contribution in [0.2, 0.25) is 0 Å². The van der Waals surface area contributed by atoms with Crippen LogP contribution in [0, 0.1) is 12.7 Å². The summed E-state index contributed by atoms with van der Waals surface area (Å²) in [5, 5.41) is 0. The zero-order valence-corrected chi connectivity index (χ0v) is 10.6. The van der Waals surface area contributed by atoms with Crippen molar-refractivity contribution in [1.82, 2.24) is 9.55 Å². The Morgan fingerprint density at radius 3 is 2.63 bits per heavy atom.